The van der Waals surface area contributed by atoms with Crippen LogP contribution in [0.2, 0.25) is 0 Å². The Bertz CT molecular complexity index is 776. The van der Waals surface area contributed by atoms with Crippen LogP contribution in [0.5, 0.6) is 0 Å². The number of hydrogen-bond donors (Lipinski definition) is 3. The van der Waals surface area contributed by atoms with Crippen LogP contribution in [0.3, 0.4) is 0 Å². The molecule has 1 aromatic rings. The fourth-order valence-corrected chi connectivity index (χ4v) is 2.70. The zero-order valence-corrected chi connectivity index (χ0v) is 19.3. The first-order valence-electron chi connectivity index (χ1n) is 8.23. The van der Waals surface area contributed by atoms with Crippen molar-refractivity contribution in [3.05, 3.63) is 28.3 Å². The molecule has 1 rings (SSSR count). The maximum atomic E-state index is 11.6. The van der Waals surface area contributed by atoms with Gasteiger partial charge in [0.05, 0.1) is 16.4 Å². The Morgan fingerprint density at radius 2 is 1.93 bits per heavy atom. The highest BCUT2D eigenvalue weighted by atomic mass is 127. The first kappa shape index (κ1) is 25.4. The summed E-state index contributed by atoms with van der Waals surface area (Å²) in [5.41, 5.74) is -0.169. The summed E-state index contributed by atoms with van der Waals surface area (Å²) < 4.78 is 23.1. The third-order valence-corrected chi connectivity index (χ3v) is 4.24. The molecule has 0 bridgehead atoms. The number of hydrogen-bond acceptors (Lipinski definition) is 6. The van der Waals surface area contributed by atoms with Crippen LogP contribution in [0.15, 0.2) is 28.1 Å². The summed E-state index contributed by atoms with van der Waals surface area (Å²) >= 11 is 0. The number of nitro groups is 1. The van der Waals surface area contributed by atoms with Gasteiger partial charge in [-0.2, -0.15) is 0 Å². The molecule has 9 nitrogen and oxygen atoms in total. The van der Waals surface area contributed by atoms with Gasteiger partial charge in [0.25, 0.3) is 5.69 Å². The van der Waals surface area contributed by atoms with Gasteiger partial charge in [0.15, 0.2) is 15.8 Å². The number of guanidine groups is 1. The summed E-state index contributed by atoms with van der Waals surface area (Å²) in [5.74, 6) is 0.656. The van der Waals surface area contributed by atoms with Gasteiger partial charge < -0.3 is 16.0 Å². The number of halogens is 1. The normalized spacial score (nSPS) is 12.1. The van der Waals surface area contributed by atoms with Crippen molar-refractivity contribution in [2.75, 3.05) is 31.2 Å². The predicted octanol–water partition coefficient (Wildman–Crippen LogP) is 2.38. The molecule has 27 heavy (non-hydrogen) atoms. The van der Waals surface area contributed by atoms with Crippen LogP contribution in [0.25, 0.3) is 0 Å². The molecule has 0 aromatic heterocycles. The van der Waals surface area contributed by atoms with Gasteiger partial charge in [-0.25, -0.2) is 8.42 Å². The number of aliphatic imine (C=N–C) groups is 1. The quantitative estimate of drug-likeness (QED) is 0.128. The zero-order valence-electron chi connectivity index (χ0n) is 16.2. The Labute approximate surface area is 177 Å². The summed E-state index contributed by atoms with van der Waals surface area (Å²) in [6.07, 6.45) is 1.01. The van der Waals surface area contributed by atoms with Crippen LogP contribution in [-0.2, 0) is 9.84 Å². The van der Waals surface area contributed by atoms with Gasteiger partial charge in [0, 0.05) is 31.0 Å². The summed E-state index contributed by atoms with van der Waals surface area (Å²) in [4.78, 5) is 14.9. The lowest BCUT2D eigenvalue weighted by Gasteiger charge is -2.23. The van der Waals surface area contributed by atoms with Crippen LogP contribution < -0.4 is 16.0 Å². The molecule has 11 heteroatoms. The summed E-state index contributed by atoms with van der Waals surface area (Å²) in [7, 11) is -3.51. The Kier molecular flexibility index (Phi) is 10.00. The Balaban J connectivity index is 0.00000676. The van der Waals surface area contributed by atoms with Crippen molar-refractivity contribution in [3.8, 4) is 0 Å². The van der Waals surface area contributed by atoms with E-state index in [9.17, 15) is 18.5 Å². The SMILES string of the molecule is CCNC(=NCCNc1ccc(S(C)(=O)=O)cc1[N+](=O)[O-])NC(C)(C)C.I. The average Bonchev–Trinajstić information content (AvgIpc) is 2.49. The molecule has 3 N–H and O–H groups in total. The number of nitrogens with one attached hydrogen (secondary N) is 3. The van der Waals surface area contributed by atoms with E-state index in [1.807, 2.05) is 27.7 Å². The standard InChI is InChI=1S/C16H27N5O4S.HI/c1-6-17-15(20-16(2,3)4)19-10-9-18-13-8-7-12(26(5,24)25)11-14(13)21(22)23;/h7-8,11,18H,6,9-10H2,1-5H3,(H2,17,19,20);1H. The number of anilines is 1. The largest absolute Gasteiger partial charge is 0.378 e. The number of nitro benzene ring substituents is 1. The molecule has 0 unspecified atom stereocenters. The summed E-state index contributed by atoms with van der Waals surface area (Å²) in [6, 6.07) is 3.81. The second kappa shape index (κ2) is 10.6. The van der Waals surface area contributed by atoms with Gasteiger partial charge in [0.1, 0.15) is 5.69 Å². The monoisotopic (exact) mass is 513 g/mol. The van der Waals surface area contributed by atoms with Gasteiger partial charge in [-0.3, -0.25) is 15.1 Å². The number of rotatable bonds is 7. The molecule has 154 valence electrons. The van der Waals surface area contributed by atoms with E-state index in [0.29, 0.717) is 25.6 Å². The van der Waals surface area contributed by atoms with Crippen molar-refractivity contribution in [2.45, 2.75) is 38.1 Å². The maximum absolute atomic E-state index is 11.6. The van der Waals surface area contributed by atoms with Crippen LogP contribution in [0.1, 0.15) is 27.7 Å². The van der Waals surface area contributed by atoms with Gasteiger partial charge >= 0.3 is 0 Å². The van der Waals surface area contributed by atoms with Crippen LogP contribution in [0, 0.1) is 10.1 Å². The van der Waals surface area contributed by atoms with E-state index in [4.69, 9.17) is 0 Å². The number of benzene rings is 1. The highest BCUT2D eigenvalue weighted by molar-refractivity contribution is 14.0. The molecule has 0 radical (unpaired) electrons. The van der Waals surface area contributed by atoms with Crippen molar-refractivity contribution in [1.82, 2.24) is 10.6 Å². The fraction of sp³-hybridized carbons (Fsp3) is 0.562. The first-order chi connectivity index (χ1) is 11.9. The molecule has 1 aromatic carbocycles. The van der Waals surface area contributed by atoms with Gasteiger partial charge in [-0.15, -0.1) is 24.0 Å². The molecule has 0 amide bonds. The third kappa shape index (κ3) is 9.22. The molecule has 0 aliphatic heterocycles. The summed E-state index contributed by atoms with van der Waals surface area (Å²) in [6.45, 7) is 9.48. The molecule has 0 aliphatic rings. The van der Waals surface area contributed by atoms with Crippen molar-refractivity contribution >= 4 is 51.1 Å². The first-order valence-corrected chi connectivity index (χ1v) is 10.1. The van der Waals surface area contributed by atoms with E-state index in [1.165, 1.54) is 12.1 Å². The van der Waals surface area contributed by atoms with Crippen molar-refractivity contribution in [3.63, 3.8) is 0 Å². The van der Waals surface area contributed by atoms with Gasteiger partial charge in [-0.1, -0.05) is 0 Å². The number of nitrogens with zero attached hydrogens (tertiary/aromatic N) is 2. The smallest absolute Gasteiger partial charge is 0.293 e. The maximum Gasteiger partial charge on any atom is 0.293 e. The Morgan fingerprint density at radius 1 is 1.30 bits per heavy atom. The average molecular weight is 513 g/mol. The fourth-order valence-electron chi connectivity index (χ4n) is 2.06. The highest BCUT2D eigenvalue weighted by Crippen LogP contribution is 2.27. The molecule has 0 spiro atoms. The molecule has 0 heterocycles. The minimum atomic E-state index is -3.51. The highest BCUT2D eigenvalue weighted by Gasteiger charge is 2.18. The van der Waals surface area contributed by atoms with Crippen molar-refractivity contribution in [2.24, 2.45) is 4.99 Å². The molecule has 0 aliphatic carbocycles. The summed E-state index contributed by atoms with van der Waals surface area (Å²) in [5, 5.41) is 20.5. The lowest BCUT2D eigenvalue weighted by molar-refractivity contribution is -0.384. The minimum absolute atomic E-state index is 0. The number of sulfone groups is 1. The Morgan fingerprint density at radius 3 is 2.41 bits per heavy atom. The van der Waals surface area contributed by atoms with Crippen molar-refractivity contribution in [1.29, 1.82) is 0 Å². The second-order valence-corrected chi connectivity index (χ2v) is 8.79. The van der Waals surface area contributed by atoms with E-state index in [0.717, 1.165) is 12.3 Å². The van der Waals surface area contributed by atoms with Gasteiger partial charge in [-0.05, 0) is 39.8 Å². The zero-order chi connectivity index (χ0) is 20.0. The van der Waals surface area contributed by atoms with E-state index in [1.54, 1.807) is 0 Å². The molecule has 0 atom stereocenters. The molecule has 0 fully saturated rings. The van der Waals surface area contributed by atoms with Crippen LogP contribution in [0.4, 0.5) is 11.4 Å². The third-order valence-electron chi connectivity index (χ3n) is 3.13. The van der Waals surface area contributed by atoms with E-state index >= 15 is 0 Å². The molecular weight excluding hydrogens is 485 g/mol. The minimum Gasteiger partial charge on any atom is -0.378 e. The van der Waals surface area contributed by atoms with Crippen LogP contribution in [-0.4, -0.2) is 50.7 Å². The van der Waals surface area contributed by atoms with E-state index in [-0.39, 0.29) is 45.8 Å². The molecular formula is C16H28IN5O4S. The topological polar surface area (TPSA) is 126 Å². The van der Waals surface area contributed by atoms with Gasteiger partial charge in [0.2, 0.25) is 0 Å². The predicted molar refractivity (Wildman–Crippen MR) is 119 cm³/mol. The van der Waals surface area contributed by atoms with E-state index < -0.39 is 14.8 Å². The second-order valence-electron chi connectivity index (χ2n) is 6.77. The lowest BCUT2D eigenvalue weighted by Crippen LogP contribution is -2.47. The van der Waals surface area contributed by atoms with Crippen molar-refractivity contribution < 1.29 is 13.3 Å². The Hall–Kier alpha value is -1.63. The van der Waals surface area contributed by atoms with Crippen LogP contribution >= 0.6 is 24.0 Å². The molecule has 0 saturated heterocycles. The van der Waals surface area contributed by atoms with E-state index in [2.05, 4.69) is 20.9 Å². The lowest BCUT2D eigenvalue weighted by atomic mass is 10.1. The molecule has 0 saturated carbocycles.